The van der Waals surface area contributed by atoms with Gasteiger partial charge in [0.2, 0.25) is 10.0 Å². The summed E-state index contributed by atoms with van der Waals surface area (Å²) in [6.07, 6.45) is -0.465. The summed E-state index contributed by atoms with van der Waals surface area (Å²) < 4.78 is 27.2. The van der Waals surface area contributed by atoms with Gasteiger partial charge in [-0.15, -0.1) is 0 Å². The van der Waals surface area contributed by atoms with Crippen LogP contribution in [0.4, 0.5) is 0 Å². The van der Waals surface area contributed by atoms with Crippen LogP contribution in [0.1, 0.15) is 17.2 Å². The molecule has 4 nitrogen and oxygen atoms in total. The predicted molar refractivity (Wildman–Crippen MR) is 57.0 cm³/mol. The Labute approximate surface area is 93.0 Å². The lowest BCUT2D eigenvalue weighted by Gasteiger charge is -2.08. The quantitative estimate of drug-likeness (QED) is 0.854. The molecule has 1 atom stereocenters. The maximum absolute atomic E-state index is 10.9. The molecule has 0 aliphatic carbocycles. The lowest BCUT2D eigenvalue weighted by Crippen LogP contribution is -2.21. The highest BCUT2D eigenvalue weighted by atomic mass is 35.5. The molecule has 1 aliphatic heterocycles. The topological polar surface area (TPSA) is 69.4 Å². The zero-order valence-electron chi connectivity index (χ0n) is 7.81. The highest BCUT2D eigenvalue weighted by Gasteiger charge is 2.26. The van der Waals surface area contributed by atoms with Crippen molar-refractivity contribution >= 4 is 21.6 Å². The van der Waals surface area contributed by atoms with E-state index in [2.05, 4.69) is 0 Å². The number of hydrogen-bond donors (Lipinski definition) is 1. The van der Waals surface area contributed by atoms with Gasteiger partial charge < -0.3 is 4.74 Å². The molecule has 0 spiro atoms. The molecule has 1 unspecified atom stereocenters. The molecule has 0 amide bonds. The second-order valence-corrected chi connectivity index (χ2v) is 5.57. The van der Waals surface area contributed by atoms with Crippen molar-refractivity contribution in [2.75, 3.05) is 5.75 Å². The monoisotopic (exact) mass is 247 g/mol. The van der Waals surface area contributed by atoms with Gasteiger partial charge in [0.1, 0.15) is 0 Å². The number of nitrogens with two attached hydrogens (primary N) is 1. The van der Waals surface area contributed by atoms with Gasteiger partial charge in [0.15, 0.2) is 0 Å². The molecular weight excluding hydrogens is 238 g/mol. The van der Waals surface area contributed by atoms with E-state index in [1.807, 2.05) is 0 Å². The van der Waals surface area contributed by atoms with Crippen LogP contribution >= 0.6 is 11.6 Å². The molecule has 2 rings (SSSR count). The van der Waals surface area contributed by atoms with Gasteiger partial charge in [0, 0.05) is 5.02 Å². The van der Waals surface area contributed by atoms with E-state index in [9.17, 15) is 8.42 Å². The van der Waals surface area contributed by atoms with Crippen LogP contribution in [0.2, 0.25) is 5.02 Å². The molecule has 0 saturated carbocycles. The van der Waals surface area contributed by atoms with Crippen molar-refractivity contribution in [2.45, 2.75) is 12.7 Å². The van der Waals surface area contributed by atoms with Crippen LogP contribution in [-0.2, 0) is 21.4 Å². The number of ether oxygens (including phenoxy) is 1. The van der Waals surface area contributed by atoms with Crippen molar-refractivity contribution in [2.24, 2.45) is 5.14 Å². The number of hydrogen-bond acceptors (Lipinski definition) is 3. The summed E-state index contributed by atoms with van der Waals surface area (Å²) >= 11 is 5.81. The number of primary sulfonamides is 1. The van der Waals surface area contributed by atoms with Crippen molar-refractivity contribution in [3.63, 3.8) is 0 Å². The summed E-state index contributed by atoms with van der Waals surface area (Å²) in [6, 6.07) is 5.27. The third-order valence-corrected chi connectivity index (χ3v) is 3.28. The maximum Gasteiger partial charge on any atom is 0.211 e. The molecule has 0 fully saturated rings. The third kappa shape index (κ3) is 2.49. The number of halogens is 1. The summed E-state index contributed by atoms with van der Waals surface area (Å²) in [6.45, 7) is 0.385. The largest absolute Gasteiger partial charge is 0.368 e. The van der Waals surface area contributed by atoms with Gasteiger partial charge in [0.05, 0.1) is 18.5 Å². The molecule has 1 heterocycles. The number of fused-ring (bicyclic) bond motifs is 1. The fraction of sp³-hybridized carbons (Fsp3) is 0.333. The van der Waals surface area contributed by atoms with E-state index in [0.29, 0.717) is 11.6 Å². The minimum absolute atomic E-state index is 0.193. The Morgan fingerprint density at radius 2 is 2.27 bits per heavy atom. The molecular formula is C9H10ClNO3S. The lowest BCUT2D eigenvalue weighted by molar-refractivity contribution is 0.0816. The zero-order valence-corrected chi connectivity index (χ0v) is 9.38. The van der Waals surface area contributed by atoms with Crippen LogP contribution in [0.15, 0.2) is 18.2 Å². The van der Waals surface area contributed by atoms with Crippen molar-refractivity contribution in [1.82, 2.24) is 0 Å². The van der Waals surface area contributed by atoms with Crippen LogP contribution < -0.4 is 5.14 Å². The first-order valence-electron chi connectivity index (χ1n) is 4.36. The van der Waals surface area contributed by atoms with E-state index in [0.717, 1.165) is 11.1 Å². The smallest absolute Gasteiger partial charge is 0.211 e. The average molecular weight is 248 g/mol. The molecule has 1 aliphatic rings. The lowest BCUT2D eigenvalue weighted by atomic mass is 10.1. The molecule has 0 bridgehead atoms. The van der Waals surface area contributed by atoms with E-state index in [1.165, 1.54) is 0 Å². The molecule has 0 saturated heterocycles. The van der Waals surface area contributed by atoms with Crippen molar-refractivity contribution < 1.29 is 13.2 Å². The first-order chi connectivity index (χ1) is 6.96. The molecule has 0 radical (unpaired) electrons. The van der Waals surface area contributed by atoms with Crippen LogP contribution in [0.25, 0.3) is 0 Å². The van der Waals surface area contributed by atoms with E-state index in [4.69, 9.17) is 21.5 Å². The molecule has 15 heavy (non-hydrogen) atoms. The Bertz CT molecular complexity index is 486. The van der Waals surface area contributed by atoms with Gasteiger partial charge in [-0.3, -0.25) is 0 Å². The molecule has 2 N–H and O–H groups in total. The molecule has 6 heteroatoms. The maximum atomic E-state index is 10.9. The van der Waals surface area contributed by atoms with Crippen LogP contribution in [-0.4, -0.2) is 14.2 Å². The van der Waals surface area contributed by atoms with Gasteiger partial charge in [-0.1, -0.05) is 17.7 Å². The molecule has 0 aromatic heterocycles. The SMILES string of the molecule is NS(=O)(=O)CC1OCc2cc(Cl)ccc21. The second kappa shape index (κ2) is 3.75. The number of benzene rings is 1. The van der Waals surface area contributed by atoms with E-state index in [-0.39, 0.29) is 5.75 Å². The van der Waals surface area contributed by atoms with E-state index < -0.39 is 16.1 Å². The van der Waals surface area contributed by atoms with Crippen molar-refractivity contribution in [1.29, 1.82) is 0 Å². The Morgan fingerprint density at radius 1 is 1.53 bits per heavy atom. The first kappa shape index (κ1) is 10.9. The van der Waals surface area contributed by atoms with E-state index >= 15 is 0 Å². The summed E-state index contributed by atoms with van der Waals surface area (Å²) in [4.78, 5) is 0. The Kier molecular flexibility index (Phi) is 2.72. The van der Waals surface area contributed by atoms with Crippen molar-refractivity contribution in [3.8, 4) is 0 Å². The summed E-state index contributed by atoms with van der Waals surface area (Å²) in [5.41, 5.74) is 1.78. The fourth-order valence-electron chi connectivity index (χ4n) is 1.64. The fourth-order valence-corrected chi connectivity index (χ4v) is 2.53. The van der Waals surface area contributed by atoms with Gasteiger partial charge in [0.25, 0.3) is 0 Å². The first-order valence-corrected chi connectivity index (χ1v) is 6.45. The molecule has 82 valence electrons. The Balaban J connectivity index is 2.29. The standard InChI is InChI=1S/C9H10ClNO3S/c10-7-1-2-8-6(3-7)4-14-9(8)5-15(11,12)13/h1-3,9H,4-5H2,(H2,11,12,13). The highest BCUT2D eigenvalue weighted by Crippen LogP contribution is 2.32. The average Bonchev–Trinajstić information content (AvgIpc) is 2.45. The van der Waals surface area contributed by atoms with Gasteiger partial charge in [-0.05, 0) is 23.3 Å². The summed E-state index contributed by atoms with van der Waals surface area (Å²) in [5, 5.41) is 5.59. The summed E-state index contributed by atoms with van der Waals surface area (Å²) in [5.74, 6) is -0.193. The zero-order chi connectivity index (χ0) is 11.1. The van der Waals surface area contributed by atoms with Crippen LogP contribution in [0.5, 0.6) is 0 Å². The third-order valence-electron chi connectivity index (χ3n) is 2.28. The molecule has 1 aromatic rings. The van der Waals surface area contributed by atoms with Gasteiger partial charge in [-0.2, -0.15) is 0 Å². The molecule has 1 aromatic carbocycles. The van der Waals surface area contributed by atoms with Crippen molar-refractivity contribution in [3.05, 3.63) is 34.3 Å². The minimum Gasteiger partial charge on any atom is -0.368 e. The highest BCUT2D eigenvalue weighted by molar-refractivity contribution is 7.89. The Hall–Kier alpha value is -0.620. The summed E-state index contributed by atoms with van der Waals surface area (Å²) in [7, 11) is -3.52. The number of sulfonamides is 1. The minimum atomic E-state index is -3.52. The van der Waals surface area contributed by atoms with Crippen LogP contribution in [0.3, 0.4) is 0 Å². The Morgan fingerprint density at radius 3 is 2.93 bits per heavy atom. The van der Waals surface area contributed by atoms with Gasteiger partial charge in [-0.25, -0.2) is 13.6 Å². The van der Waals surface area contributed by atoms with Crippen LogP contribution in [0, 0.1) is 0 Å². The normalized spacial score (nSPS) is 20.3. The predicted octanol–water partition coefficient (Wildman–Crippen LogP) is 1.20. The number of rotatable bonds is 2. The van der Waals surface area contributed by atoms with Gasteiger partial charge >= 0.3 is 0 Å². The van der Waals surface area contributed by atoms with E-state index in [1.54, 1.807) is 18.2 Å². The second-order valence-electron chi connectivity index (χ2n) is 3.47.